The molecule has 2 amide bonds. The number of carbonyl (C=O) groups excluding carboxylic acids is 2. The molecule has 1 fully saturated rings. The summed E-state index contributed by atoms with van der Waals surface area (Å²) in [6.45, 7) is 14.9. The van der Waals surface area contributed by atoms with Crippen LogP contribution in [0.15, 0.2) is 12.2 Å². The summed E-state index contributed by atoms with van der Waals surface area (Å²) >= 11 is 0. The van der Waals surface area contributed by atoms with Crippen LogP contribution in [0.4, 0.5) is 4.79 Å². The average molecular weight is 482 g/mol. The van der Waals surface area contributed by atoms with E-state index in [-0.39, 0.29) is 23.7 Å². The van der Waals surface area contributed by atoms with Crippen molar-refractivity contribution in [3.63, 3.8) is 0 Å². The van der Waals surface area contributed by atoms with Crippen LogP contribution in [0.25, 0.3) is 0 Å². The van der Waals surface area contributed by atoms with E-state index in [1.165, 1.54) is 76.0 Å². The number of hydrogen-bond donors (Lipinski definition) is 0. The van der Waals surface area contributed by atoms with Crippen LogP contribution in [0.5, 0.6) is 0 Å². The highest BCUT2D eigenvalue weighted by Crippen LogP contribution is 2.38. The fourth-order valence-electron chi connectivity index (χ4n) is 3.96. The molecule has 5 nitrogen and oxygen atoms in total. The molecular formula is C27H51NO4Si. The number of hydrogen-bond acceptors (Lipinski definition) is 4. The van der Waals surface area contributed by atoms with Gasteiger partial charge in [-0.25, -0.2) is 9.69 Å². The van der Waals surface area contributed by atoms with Crippen LogP contribution in [-0.2, 0) is 14.0 Å². The standard InChI is InChI=1S/C27H51NO4Si/c1-8-9-10-11-12-13-14-15-16-17-18-19-20-21-25(32-33(6,7)27(3,4)5)24-22-31-26(30)28(24)23(2)29/h20-21,24-25H,8-19,22H2,1-7H3/b21-20+/t24-,25+/m0/s1. The number of nitrogens with zero attached hydrogens (tertiary/aromatic N) is 1. The maximum Gasteiger partial charge on any atom is 0.417 e. The van der Waals surface area contributed by atoms with Gasteiger partial charge in [-0.15, -0.1) is 0 Å². The summed E-state index contributed by atoms with van der Waals surface area (Å²) in [6.07, 6.45) is 19.0. The molecule has 0 saturated carbocycles. The normalized spacial score (nSPS) is 18.2. The Morgan fingerprint density at radius 1 is 1.06 bits per heavy atom. The van der Waals surface area contributed by atoms with Gasteiger partial charge in [-0.1, -0.05) is 104 Å². The van der Waals surface area contributed by atoms with Crippen molar-refractivity contribution in [1.82, 2.24) is 4.90 Å². The lowest BCUT2D eigenvalue weighted by Crippen LogP contribution is -2.51. The third-order valence-electron chi connectivity index (χ3n) is 7.16. The Hall–Kier alpha value is -1.14. The van der Waals surface area contributed by atoms with Crippen LogP contribution in [-0.4, -0.2) is 44.0 Å². The summed E-state index contributed by atoms with van der Waals surface area (Å²) in [4.78, 5) is 25.4. The molecule has 2 atom stereocenters. The van der Waals surface area contributed by atoms with Crippen LogP contribution in [0.2, 0.25) is 18.1 Å². The van der Waals surface area contributed by atoms with E-state index >= 15 is 0 Å². The summed E-state index contributed by atoms with van der Waals surface area (Å²) < 4.78 is 11.9. The first kappa shape index (κ1) is 29.9. The van der Waals surface area contributed by atoms with E-state index in [4.69, 9.17) is 9.16 Å². The number of allylic oxidation sites excluding steroid dienone is 1. The average Bonchev–Trinajstić information content (AvgIpc) is 3.11. The van der Waals surface area contributed by atoms with Crippen LogP contribution < -0.4 is 0 Å². The highest BCUT2D eigenvalue weighted by Gasteiger charge is 2.45. The Morgan fingerprint density at radius 3 is 2.06 bits per heavy atom. The van der Waals surface area contributed by atoms with Crippen molar-refractivity contribution in [3.05, 3.63) is 12.2 Å². The van der Waals surface area contributed by atoms with Gasteiger partial charge in [-0.05, 0) is 31.0 Å². The number of amides is 2. The Kier molecular flexibility index (Phi) is 13.6. The van der Waals surface area contributed by atoms with E-state index in [1.54, 1.807) is 0 Å². The topological polar surface area (TPSA) is 55.8 Å². The number of rotatable bonds is 16. The lowest BCUT2D eigenvalue weighted by atomic mass is 10.0. The highest BCUT2D eigenvalue weighted by molar-refractivity contribution is 6.74. The van der Waals surface area contributed by atoms with E-state index in [9.17, 15) is 9.59 Å². The molecule has 1 saturated heterocycles. The number of unbranched alkanes of at least 4 members (excludes halogenated alkanes) is 11. The summed E-state index contributed by atoms with van der Waals surface area (Å²) in [5.41, 5.74) is 0. The van der Waals surface area contributed by atoms with Crippen molar-refractivity contribution < 1.29 is 18.8 Å². The van der Waals surface area contributed by atoms with E-state index in [2.05, 4.69) is 52.9 Å². The van der Waals surface area contributed by atoms with Gasteiger partial charge < -0.3 is 9.16 Å². The minimum Gasteiger partial charge on any atom is -0.447 e. The number of cyclic esters (lactones) is 1. The van der Waals surface area contributed by atoms with Gasteiger partial charge in [-0.2, -0.15) is 0 Å². The number of ether oxygens (including phenoxy) is 1. The molecule has 1 aliphatic rings. The second-order valence-electron chi connectivity index (χ2n) is 11.1. The van der Waals surface area contributed by atoms with Crippen molar-refractivity contribution in [2.75, 3.05) is 6.61 Å². The third-order valence-corrected chi connectivity index (χ3v) is 11.6. The molecule has 1 aliphatic heterocycles. The van der Waals surface area contributed by atoms with E-state index < -0.39 is 20.5 Å². The zero-order valence-corrected chi connectivity index (χ0v) is 23.6. The fraction of sp³-hybridized carbons (Fsp3) is 0.852. The fourth-order valence-corrected chi connectivity index (χ4v) is 5.23. The lowest BCUT2D eigenvalue weighted by molar-refractivity contribution is -0.127. The molecular weight excluding hydrogens is 430 g/mol. The second kappa shape index (κ2) is 15.0. The van der Waals surface area contributed by atoms with Gasteiger partial charge in [0.15, 0.2) is 8.32 Å². The Balaban J connectivity index is 2.50. The summed E-state index contributed by atoms with van der Waals surface area (Å²) in [6, 6.07) is -0.391. The first-order chi connectivity index (χ1) is 15.5. The summed E-state index contributed by atoms with van der Waals surface area (Å²) in [7, 11) is -2.08. The predicted octanol–water partition coefficient (Wildman–Crippen LogP) is 8.00. The van der Waals surface area contributed by atoms with Gasteiger partial charge in [0.1, 0.15) is 12.6 Å². The van der Waals surface area contributed by atoms with Crippen molar-refractivity contribution in [2.24, 2.45) is 0 Å². The minimum atomic E-state index is -2.08. The molecule has 6 heteroatoms. The molecule has 1 heterocycles. The van der Waals surface area contributed by atoms with Crippen molar-refractivity contribution in [2.45, 2.75) is 142 Å². The molecule has 192 valence electrons. The van der Waals surface area contributed by atoms with Crippen molar-refractivity contribution >= 4 is 20.3 Å². The highest BCUT2D eigenvalue weighted by atomic mass is 28.4. The lowest BCUT2D eigenvalue weighted by Gasteiger charge is -2.40. The van der Waals surface area contributed by atoms with Crippen molar-refractivity contribution in [3.8, 4) is 0 Å². The van der Waals surface area contributed by atoms with Crippen molar-refractivity contribution in [1.29, 1.82) is 0 Å². The maximum absolute atomic E-state index is 12.1. The van der Waals surface area contributed by atoms with Crippen LogP contribution >= 0.6 is 0 Å². The molecule has 0 aromatic carbocycles. The summed E-state index contributed by atoms with van der Waals surface area (Å²) in [5, 5.41) is 0.0413. The van der Waals surface area contributed by atoms with E-state index in [0.29, 0.717) is 0 Å². The number of carbonyl (C=O) groups is 2. The molecule has 0 aliphatic carbocycles. The van der Waals surface area contributed by atoms with Gasteiger partial charge in [-0.3, -0.25) is 4.79 Å². The molecule has 0 aromatic rings. The van der Waals surface area contributed by atoms with Gasteiger partial charge >= 0.3 is 6.09 Å². The monoisotopic (exact) mass is 481 g/mol. The van der Waals surface area contributed by atoms with Gasteiger partial charge in [0, 0.05) is 6.92 Å². The molecule has 33 heavy (non-hydrogen) atoms. The largest absolute Gasteiger partial charge is 0.447 e. The molecule has 0 N–H and O–H groups in total. The van der Waals surface area contributed by atoms with E-state index in [1.807, 2.05) is 0 Å². The van der Waals surface area contributed by atoms with Gasteiger partial charge in [0.2, 0.25) is 5.91 Å². The molecule has 0 bridgehead atoms. The maximum atomic E-state index is 12.1. The van der Waals surface area contributed by atoms with Crippen LogP contribution in [0.3, 0.4) is 0 Å². The Bertz CT molecular complexity index is 612. The smallest absolute Gasteiger partial charge is 0.417 e. The van der Waals surface area contributed by atoms with Gasteiger partial charge in [0.05, 0.1) is 6.10 Å². The SMILES string of the molecule is CCCCCCCCCCCCC/C=C/[C@@H](O[Si](C)(C)C(C)(C)C)[C@@H]1COC(=O)N1C(C)=O. The molecule has 1 rings (SSSR count). The zero-order chi connectivity index (χ0) is 24.9. The molecule has 0 spiro atoms. The Morgan fingerprint density at radius 2 is 1.58 bits per heavy atom. The minimum absolute atomic E-state index is 0.0413. The predicted molar refractivity (Wildman–Crippen MR) is 140 cm³/mol. The second-order valence-corrected chi connectivity index (χ2v) is 15.9. The van der Waals surface area contributed by atoms with Gasteiger partial charge in [0.25, 0.3) is 0 Å². The van der Waals surface area contributed by atoms with Crippen LogP contribution in [0, 0.1) is 0 Å². The molecule has 0 unspecified atom stereocenters. The van der Waals surface area contributed by atoms with Crippen LogP contribution in [0.1, 0.15) is 112 Å². The van der Waals surface area contributed by atoms with E-state index in [0.717, 1.165) is 12.8 Å². The number of imide groups is 1. The molecule has 0 aromatic heterocycles. The molecule has 0 radical (unpaired) electrons. The summed E-state index contributed by atoms with van der Waals surface area (Å²) in [5.74, 6) is -0.287. The quantitative estimate of drug-likeness (QED) is 0.127. The zero-order valence-electron chi connectivity index (χ0n) is 22.6. The first-order valence-corrected chi connectivity index (χ1v) is 16.2. The Labute approximate surface area is 204 Å². The first-order valence-electron chi connectivity index (χ1n) is 13.3. The third kappa shape index (κ3) is 10.8.